The predicted molar refractivity (Wildman–Crippen MR) is 104 cm³/mol. The molecular formula is C19H36N4O2. The van der Waals surface area contributed by atoms with Gasteiger partial charge in [-0.15, -0.1) is 0 Å². The van der Waals surface area contributed by atoms with Gasteiger partial charge in [0.15, 0.2) is 5.96 Å². The first-order valence-electron chi connectivity index (χ1n) is 9.56. The second-order valence-corrected chi connectivity index (χ2v) is 5.95. The van der Waals surface area contributed by atoms with Crippen molar-refractivity contribution in [2.75, 3.05) is 46.4 Å². The highest BCUT2D eigenvalue weighted by molar-refractivity contribution is 5.79. The van der Waals surface area contributed by atoms with Crippen molar-refractivity contribution in [3.63, 3.8) is 0 Å². The summed E-state index contributed by atoms with van der Waals surface area (Å²) in [6, 6.07) is 4.17. The SMILES string of the molecule is CCCCOCCCNC(=NC)NCC(c1ccco1)N(CC)CC. The van der Waals surface area contributed by atoms with Crippen molar-refractivity contribution in [2.24, 2.45) is 4.99 Å². The first kappa shape index (κ1) is 21.5. The van der Waals surface area contributed by atoms with Crippen molar-refractivity contribution in [3.05, 3.63) is 24.2 Å². The lowest BCUT2D eigenvalue weighted by Gasteiger charge is -2.28. The highest BCUT2D eigenvalue weighted by Crippen LogP contribution is 2.20. The average molecular weight is 353 g/mol. The van der Waals surface area contributed by atoms with E-state index in [1.54, 1.807) is 13.3 Å². The monoisotopic (exact) mass is 352 g/mol. The number of hydrogen-bond acceptors (Lipinski definition) is 4. The van der Waals surface area contributed by atoms with Gasteiger partial charge in [0.25, 0.3) is 0 Å². The van der Waals surface area contributed by atoms with E-state index in [0.29, 0.717) is 0 Å². The Hall–Kier alpha value is -1.53. The highest BCUT2D eigenvalue weighted by atomic mass is 16.5. The molecule has 0 spiro atoms. The zero-order valence-electron chi connectivity index (χ0n) is 16.4. The molecule has 2 N–H and O–H groups in total. The minimum Gasteiger partial charge on any atom is -0.468 e. The minimum atomic E-state index is 0.195. The maximum Gasteiger partial charge on any atom is 0.191 e. The van der Waals surface area contributed by atoms with E-state index in [1.165, 1.54) is 6.42 Å². The molecule has 0 bridgehead atoms. The van der Waals surface area contributed by atoms with Crippen LogP contribution in [0, 0.1) is 0 Å². The van der Waals surface area contributed by atoms with Gasteiger partial charge in [0.2, 0.25) is 0 Å². The first-order chi connectivity index (χ1) is 12.3. The molecule has 25 heavy (non-hydrogen) atoms. The van der Waals surface area contributed by atoms with Crippen LogP contribution in [0.2, 0.25) is 0 Å². The molecule has 0 aliphatic carbocycles. The summed E-state index contributed by atoms with van der Waals surface area (Å²) in [7, 11) is 1.80. The molecule has 1 atom stereocenters. The Kier molecular flexibility index (Phi) is 11.8. The van der Waals surface area contributed by atoms with Crippen LogP contribution in [0.25, 0.3) is 0 Å². The summed E-state index contributed by atoms with van der Waals surface area (Å²) in [5, 5.41) is 6.76. The van der Waals surface area contributed by atoms with Crippen molar-refractivity contribution in [1.29, 1.82) is 0 Å². The highest BCUT2D eigenvalue weighted by Gasteiger charge is 2.20. The molecule has 6 heteroatoms. The summed E-state index contributed by atoms with van der Waals surface area (Å²) >= 11 is 0. The van der Waals surface area contributed by atoms with Crippen LogP contribution in [0.15, 0.2) is 27.8 Å². The van der Waals surface area contributed by atoms with Gasteiger partial charge in [-0.25, -0.2) is 0 Å². The Labute approximate surface area is 153 Å². The molecule has 144 valence electrons. The fourth-order valence-electron chi connectivity index (χ4n) is 2.70. The van der Waals surface area contributed by atoms with Crippen LogP contribution in [-0.2, 0) is 4.74 Å². The molecule has 0 aliphatic heterocycles. The molecule has 0 aromatic carbocycles. The summed E-state index contributed by atoms with van der Waals surface area (Å²) in [6.45, 7) is 11.7. The predicted octanol–water partition coefficient (Wildman–Crippen LogP) is 3.03. The summed E-state index contributed by atoms with van der Waals surface area (Å²) < 4.78 is 11.2. The molecule has 1 rings (SSSR count). The van der Waals surface area contributed by atoms with Crippen LogP contribution in [-0.4, -0.2) is 57.3 Å². The van der Waals surface area contributed by atoms with Crippen molar-refractivity contribution in [2.45, 2.75) is 46.1 Å². The van der Waals surface area contributed by atoms with Crippen molar-refractivity contribution < 1.29 is 9.15 Å². The summed E-state index contributed by atoms with van der Waals surface area (Å²) in [5.41, 5.74) is 0. The Morgan fingerprint density at radius 1 is 1.20 bits per heavy atom. The first-order valence-corrected chi connectivity index (χ1v) is 9.56. The van der Waals surface area contributed by atoms with Gasteiger partial charge in [0.1, 0.15) is 5.76 Å². The molecule has 0 fully saturated rings. The molecule has 1 aromatic heterocycles. The number of likely N-dealkylation sites (N-methyl/N-ethyl adjacent to an activating group) is 1. The maximum atomic E-state index is 5.63. The Morgan fingerprint density at radius 3 is 2.56 bits per heavy atom. The summed E-state index contributed by atoms with van der Waals surface area (Å²) in [4.78, 5) is 6.68. The van der Waals surface area contributed by atoms with Gasteiger partial charge >= 0.3 is 0 Å². The third-order valence-corrected chi connectivity index (χ3v) is 4.21. The zero-order valence-corrected chi connectivity index (χ0v) is 16.4. The smallest absolute Gasteiger partial charge is 0.191 e. The molecular weight excluding hydrogens is 316 g/mol. The fraction of sp³-hybridized carbons (Fsp3) is 0.737. The maximum absolute atomic E-state index is 5.63. The van der Waals surface area contributed by atoms with Crippen LogP contribution in [0.1, 0.15) is 51.8 Å². The van der Waals surface area contributed by atoms with E-state index in [4.69, 9.17) is 9.15 Å². The fourth-order valence-corrected chi connectivity index (χ4v) is 2.70. The second-order valence-electron chi connectivity index (χ2n) is 5.95. The van der Waals surface area contributed by atoms with E-state index in [1.807, 2.05) is 12.1 Å². The standard InChI is InChI=1S/C19H36N4O2/c1-5-8-13-24-14-10-12-21-19(20-4)22-16-17(23(6-2)7-3)18-11-9-15-25-18/h9,11,15,17H,5-8,10,12-14,16H2,1-4H3,(H2,20,21,22). The Balaban J connectivity index is 2.37. The molecule has 0 aliphatic rings. The van der Waals surface area contributed by atoms with Gasteiger partial charge in [0.05, 0.1) is 12.3 Å². The number of rotatable bonds is 13. The number of ether oxygens (including phenoxy) is 1. The Bertz CT molecular complexity index is 444. The van der Waals surface area contributed by atoms with E-state index in [0.717, 1.165) is 64.0 Å². The number of unbranched alkanes of at least 4 members (excludes halogenated alkanes) is 1. The van der Waals surface area contributed by atoms with Gasteiger partial charge in [0, 0.05) is 33.4 Å². The average Bonchev–Trinajstić information content (AvgIpc) is 3.16. The van der Waals surface area contributed by atoms with E-state index in [-0.39, 0.29) is 6.04 Å². The number of aliphatic imine (C=N–C) groups is 1. The summed E-state index contributed by atoms with van der Waals surface area (Å²) in [6.07, 6.45) is 5.02. The summed E-state index contributed by atoms with van der Waals surface area (Å²) in [5.74, 6) is 1.80. The third-order valence-electron chi connectivity index (χ3n) is 4.21. The second kappa shape index (κ2) is 13.7. The third kappa shape index (κ3) is 8.40. The number of furan rings is 1. The lowest BCUT2D eigenvalue weighted by atomic mass is 10.2. The molecule has 0 saturated heterocycles. The molecule has 1 heterocycles. The molecule has 0 radical (unpaired) electrons. The number of guanidine groups is 1. The van der Waals surface area contributed by atoms with Gasteiger partial charge in [-0.1, -0.05) is 27.2 Å². The van der Waals surface area contributed by atoms with E-state index < -0.39 is 0 Å². The van der Waals surface area contributed by atoms with Crippen LogP contribution in [0.4, 0.5) is 0 Å². The molecule has 6 nitrogen and oxygen atoms in total. The van der Waals surface area contributed by atoms with Crippen molar-refractivity contribution in [1.82, 2.24) is 15.5 Å². The van der Waals surface area contributed by atoms with Gasteiger partial charge < -0.3 is 19.8 Å². The molecule has 0 amide bonds. The minimum absolute atomic E-state index is 0.195. The van der Waals surface area contributed by atoms with Crippen molar-refractivity contribution >= 4 is 5.96 Å². The van der Waals surface area contributed by atoms with Crippen molar-refractivity contribution in [3.8, 4) is 0 Å². The Morgan fingerprint density at radius 2 is 1.96 bits per heavy atom. The van der Waals surface area contributed by atoms with Gasteiger partial charge in [-0.3, -0.25) is 9.89 Å². The largest absolute Gasteiger partial charge is 0.468 e. The molecule has 1 unspecified atom stereocenters. The number of hydrogen-bond donors (Lipinski definition) is 2. The van der Waals surface area contributed by atoms with Crippen LogP contribution in [0.5, 0.6) is 0 Å². The van der Waals surface area contributed by atoms with Crippen LogP contribution >= 0.6 is 0 Å². The van der Waals surface area contributed by atoms with E-state index in [9.17, 15) is 0 Å². The number of nitrogens with zero attached hydrogens (tertiary/aromatic N) is 2. The van der Waals surface area contributed by atoms with E-state index in [2.05, 4.69) is 41.3 Å². The topological polar surface area (TPSA) is 62.0 Å². The number of nitrogens with one attached hydrogen (secondary N) is 2. The molecule has 0 saturated carbocycles. The van der Waals surface area contributed by atoms with Gasteiger partial charge in [-0.05, 0) is 38.1 Å². The van der Waals surface area contributed by atoms with Crippen LogP contribution in [0.3, 0.4) is 0 Å². The van der Waals surface area contributed by atoms with E-state index >= 15 is 0 Å². The normalized spacial score (nSPS) is 13.2. The lowest BCUT2D eigenvalue weighted by Crippen LogP contribution is -2.43. The quantitative estimate of drug-likeness (QED) is 0.325. The zero-order chi connectivity index (χ0) is 18.3. The molecule has 1 aromatic rings. The lowest BCUT2D eigenvalue weighted by molar-refractivity contribution is 0.129. The van der Waals surface area contributed by atoms with Crippen LogP contribution < -0.4 is 10.6 Å². The van der Waals surface area contributed by atoms with Gasteiger partial charge in [-0.2, -0.15) is 0 Å².